The number of piperidine rings is 1. The predicted octanol–water partition coefficient (Wildman–Crippen LogP) is 3.35. The number of guanidine groups is 1. The van der Waals surface area contributed by atoms with Crippen LogP contribution in [0.3, 0.4) is 0 Å². The van der Waals surface area contributed by atoms with Gasteiger partial charge in [0.05, 0.1) is 19.1 Å². The van der Waals surface area contributed by atoms with Crippen molar-refractivity contribution in [2.45, 2.75) is 39.7 Å². The Kier molecular flexibility index (Phi) is 8.72. The van der Waals surface area contributed by atoms with Crippen molar-refractivity contribution in [1.29, 1.82) is 0 Å². The number of rotatable bonds is 7. The summed E-state index contributed by atoms with van der Waals surface area (Å²) in [6.45, 7) is 9.22. The molecule has 0 saturated carbocycles. The van der Waals surface area contributed by atoms with E-state index in [2.05, 4.69) is 10.2 Å². The molecule has 0 radical (unpaired) electrons. The van der Waals surface area contributed by atoms with Crippen molar-refractivity contribution >= 4 is 23.5 Å². The number of esters is 1. The summed E-state index contributed by atoms with van der Waals surface area (Å²) < 4.78 is 11.0. The molecule has 1 unspecified atom stereocenters. The molecule has 1 aliphatic rings. The lowest BCUT2D eigenvalue weighted by molar-refractivity contribution is -0.149. The fourth-order valence-electron chi connectivity index (χ4n) is 3.04. The number of benzene rings is 1. The van der Waals surface area contributed by atoms with Crippen LogP contribution < -0.4 is 10.1 Å². The fourth-order valence-corrected chi connectivity index (χ4v) is 3.22. The monoisotopic (exact) mass is 395 g/mol. The van der Waals surface area contributed by atoms with Crippen LogP contribution in [0, 0.1) is 5.92 Å². The zero-order chi connectivity index (χ0) is 19.6. The van der Waals surface area contributed by atoms with Crippen LogP contribution in [-0.4, -0.2) is 55.7 Å². The maximum atomic E-state index is 11.9. The summed E-state index contributed by atoms with van der Waals surface area (Å²) in [6.07, 6.45) is 1.50. The van der Waals surface area contributed by atoms with Gasteiger partial charge in [0.1, 0.15) is 11.9 Å². The van der Waals surface area contributed by atoms with Gasteiger partial charge in [0.15, 0.2) is 5.96 Å². The lowest BCUT2D eigenvalue weighted by atomic mass is 9.97. The van der Waals surface area contributed by atoms with Crippen LogP contribution in [0.1, 0.15) is 33.6 Å². The van der Waals surface area contributed by atoms with Gasteiger partial charge >= 0.3 is 5.97 Å². The van der Waals surface area contributed by atoms with E-state index in [-0.39, 0.29) is 18.0 Å². The van der Waals surface area contributed by atoms with Crippen molar-refractivity contribution < 1.29 is 14.3 Å². The van der Waals surface area contributed by atoms with E-state index in [0.29, 0.717) is 18.2 Å². The first-order chi connectivity index (χ1) is 13.0. The molecule has 1 N–H and O–H groups in total. The predicted molar refractivity (Wildman–Crippen MR) is 108 cm³/mol. The number of hydrogen-bond acceptors (Lipinski definition) is 4. The van der Waals surface area contributed by atoms with Gasteiger partial charge in [0, 0.05) is 24.7 Å². The SMILES string of the molecule is CCNC(=NCC(C)Oc1cccc(Cl)c1)N1CCC(C(=O)OCC)CC1. The van der Waals surface area contributed by atoms with Gasteiger partial charge in [-0.2, -0.15) is 0 Å². The molecule has 0 spiro atoms. The number of carbonyl (C=O) groups excluding carboxylic acids is 1. The quantitative estimate of drug-likeness (QED) is 0.435. The number of hydrogen-bond donors (Lipinski definition) is 1. The third-order valence-corrected chi connectivity index (χ3v) is 4.62. The lowest BCUT2D eigenvalue weighted by Crippen LogP contribution is -2.47. The minimum atomic E-state index is -0.0809. The Bertz CT molecular complexity index is 631. The molecule has 1 atom stereocenters. The number of nitrogens with one attached hydrogen (secondary N) is 1. The van der Waals surface area contributed by atoms with E-state index in [1.165, 1.54) is 0 Å². The highest BCUT2D eigenvalue weighted by Crippen LogP contribution is 2.20. The zero-order valence-corrected chi connectivity index (χ0v) is 17.2. The second-order valence-electron chi connectivity index (χ2n) is 6.59. The first-order valence-electron chi connectivity index (χ1n) is 9.65. The molecular formula is C20H30ClN3O3. The Morgan fingerprint density at radius 3 is 2.74 bits per heavy atom. The fraction of sp³-hybridized carbons (Fsp3) is 0.600. The van der Waals surface area contributed by atoms with Gasteiger partial charge in [0.25, 0.3) is 0 Å². The van der Waals surface area contributed by atoms with Gasteiger partial charge in [-0.25, -0.2) is 4.99 Å². The standard InChI is InChI=1S/C20H30ClN3O3/c1-4-22-20(24-11-9-16(10-12-24)19(25)26-5-2)23-14-15(3)27-18-8-6-7-17(21)13-18/h6-8,13,15-16H,4-5,9-12,14H2,1-3H3,(H,22,23). The molecule has 1 aromatic carbocycles. The Labute approximate surface area is 166 Å². The van der Waals surface area contributed by atoms with Crippen molar-refractivity contribution in [3.63, 3.8) is 0 Å². The Morgan fingerprint density at radius 2 is 2.11 bits per heavy atom. The molecule has 2 rings (SSSR count). The maximum Gasteiger partial charge on any atom is 0.309 e. The molecule has 1 saturated heterocycles. The highest BCUT2D eigenvalue weighted by molar-refractivity contribution is 6.30. The Morgan fingerprint density at radius 1 is 1.37 bits per heavy atom. The van der Waals surface area contributed by atoms with E-state index in [4.69, 9.17) is 26.1 Å². The third-order valence-electron chi connectivity index (χ3n) is 4.38. The second kappa shape index (κ2) is 11.0. The molecule has 6 nitrogen and oxygen atoms in total. The molecule has 1 fully saturated rings. The lowest BCUT2D eigenvalue weighted by Gasteiger charge is -2.33. The number of nitrogens with zero attached hydrogens (tertiary/aromatic N) is 2. The van der Waals surface area contributed by atoms with Gasteiger partial charge in [-0.05, 0) is 51.8 Å². The van der Waals surface area contributed by atoms with Crippen LogP contribution in [0.4, 0.5) is 0 Å². The van der Waals surface area contributed by atoms with E-state index < -0.39 is 0 Å². The van der Waals surface area contributed by atoms with Crippen molar-refractivity contribution in [1.82, 2.24) is 10.2 Å². The number of carbonyl (C=O) groups is 1. The largest absolute Gasteiger partial charge is 0.489 e. The normalized spacial score (nSPS) is 16.7. The molecule has 7 heteroatoms. The molecule has 27 heavy (non-hydrogen) atoms. The van der Waals surface area contributed by atoms with E-state index in [0.717, 1.165) is 44.2 Å². The summed E-state index contributed by atoms with van der Waals surface area (Å²) >= 11 is 6.00. The average molecular weight is 396 g/mol. The molecule has 150 valence electrons. The molecular weight excluding hydrogens is 366 g/mol. The number of halogens is 1. The van der Waals surface area contributed by atoms with Crippen molar-refractivity contribution in [2.24, 2.45) is 10.9 Å². The molecule has 0 aliphatic carbocycles. The van der Waals surface area contributed by atoms with Crippen LogP contribution in [0.15, 0.2) is 29.3 Å². The highest BCUT2D eigenvalue weighted by Gasteiger charge is 2.27. The van der Waals surface area contributed by atoms with Crippen LogP contribution in [0.25, 0.3) is 0 Å². The van der Waals surface area contributed by atoms with Crippen LogP contribution in [-0.2, 0) is 9.53 Å². The van der Waals surface area contributed by atoms with E-state index in [1.807, 2.05) is 39.0 Å². The average Bonchev–Trinajstić information content (AvgIpc) is 2.65. The summed E-state index contributed by atoms with van der Waals surface area (Å²) in [5.41, 5.74) is 0. The molecule has 1 aromatic rings. The van der Waals surface area contributed by atoms with Crippen molar-refractivity contribution in [3.8, 4) is 5.75 Å². The van der Waals surface area contributed by atoms with Crippen LogP contribution in [0.5, 0.6) is 5.75 Å². The Hall–Kier alpha value is -1.95. The van der Waals surface area contributed by atoms with Crippen molar-refractivity contribution in [2.75, 3.05) is 32.8 Å². The first-order valence-corrected chi connectivity index (χ1v) is 10.0. The summed E-state index contributed by atoms with van der Waals surface area (Å²) in [4.78, 5) is 18.8. The second-order valence-corrected chi connectivity index (χ2v) is 7.03. The number of ether oxygens (including phenoxy) is 2. The van der Waals surface area contributed by atoms with Crippen LogP contribution in [0.2, 0.25) is 5.02 Å². The molecule has 0 amide bonds. The summed E-state index contributed by atoms with van der Waals surface area (Å²) in [6, 6.07) is 7.37. The molecule has 1 heterocycles. The van der Waals surface area contributed by atoms with E-state index in [1.54, 1.807) is 6.07 Å². The summed E-state index contributed by atoms with van der Waals surface area (Å²) in [5, 5.41) is 3.99. The van der Waals surface area contributed by atoms with Crippen LogP contribution >= 0.6 is 11.6 Å². The molecule has 0 aromatic heterocycles. The third kappa shape index (κ3) is 6.94. The highest BCUT2D eigenvalue weighted by atomic mass is 35.5. The topological polar surface area (TPSA) is 63.2 Å². The smallest absolute Gasteiger partial charge is 0.309 e. The maximum absolute atomic E-state index is 11.9. The van der Waals surface area contributed by atoms with Crippen molar-refractivity contribution in [3.05, 3.63) is 29.3 Å². The van der Waals surface area contributed by atoms with Gasteiger partial charge in [-0.3, -0.25) is 4.79 Å². The number of likely N-dealkylation sites (tertiary alicyclic amines) is 1. The minimum Gasteiger partial charge on any atom is -0.489 e. The van der Waals surface area contributed by atoms with Gasteiger partial charge in [-0.1, -0.05) is 17.7 Å². The van der Waals surface area contributed by atoms with Gasteiger partial charge < -0.3 is 19.7 Å². The van der Waals surface area contributed by atoms with Gasteiger partial charge in [0.2, 0.25) is 0 Å². The molecule has 0 bridgehead atoms. The number of aliphatic imine (C=N–C) groups is 1. The Balaban J connectivity index is 1.89. The van der Waals surface area contributed by atoms with Gasteiger partial charge in [-0.15, -0.1) is 0 Å². The van der Waals surface area contributed by atoms with E-state index >= 15 is 0 Å². The zero-order valence-electron chi connectivity index (χ0n) is 16.4. The first kappa shape index (κ1) is 21.4. The minimum absolute atomic E-state index is 0.00540. The summed E-state index contributed by atoms with van der Waals surface area (Å²) in [7, 11) is 0. The molecule has 1 aliphatic heterocycles. The van der Waals surface area contributed by atoms with E-state index in [9.17, 15) is 4.79 Å². The summed E-state index contributed by atoms with van der Waals surface area (Å²) in [5.74, 6) is 1.52.